The minimum Gasteiger partial charge on any atom is -0.322 e. The minimum absolute atomic E-state index is 0.0835. The number of hydrogen-bond acceptors (Lipinski definition) is 3. The summed E-state index contributed by atoms with van der Waals surface area (Å²) in [7, 11) is 0. The summed E-state index contributed by atoms with van der Waals surface area (Å²) in [6.07, 6.45) is 0. The SMILES string of the molecule is O=C(Nc1c(Cl)cccc1Cl)c1ccc([C@H]2SCC(=O)N2Cc2ccc(Cl)cc2)cc1. The number of nitrogens with zero attached hydrogens (tertiary/aromatic N) is 1. The maximum Gasteiger partial charge on any atom is 0.255 e. The van der Waals surface area contributed by atoms with Crippen LogP contribution in [0.1, 0.15) is 26.9 Å². The van der Waals surface area contributed by atoms with E-state index in [-0.39, 0.29) is 17.2 Å². The number of rotatable bonds is 5. The van der Waals surface area contributed by atoms with Crippen molar-refractivity contribution in [2.45, 2.75) is 11.9 Å². The molecule has 0 aromatic heterocycles. The average molecular weight is 492 g/mol. The summed E-state index contributed by atoms with van der Waals surface area (Å²) < 4.78 is 0. The lowest BCUT2D eigenvalue weighted by atomic mass is 10.1. The van der Waals surface area contributed by atoms with Crippen LogP contribution in [0.25, 0.3) is 0 Å². The van der Waals surface area contributed by atoms with Gasteiger partial charge >= 0.3 is 0 Å². The van der Waals surface area contributed by atoms with Crippen LogP contribution in [0.2, 0.25) is 15.1 Å². The summed E-state index contributed by atoms with van der Waals surface area (Å²) in [5.41, 5.74) is 2.82. The minimum atomic E-state index is -0.310. The molecule has 2 amide bonds. The second-order valence-electron chi connectivity index (χ2n) is 6.98. The number of nitrogens with one attached hydrogen (secondary N) is 1. The highest BCUT2D eigenvalue weighted by Gasteiger charge is 2.32. The number of thioether (sulfide) groups is 1. The second-order valence-corrected chi connectivity index (χ2v) is 9.30. The molecule has 8 heteroatoms. The molecular formula is C23H17Cl3N2O2S. The molecule has 1 saturated heterocycles. The fourth-order valence-corrected chi connectivity index (χ4v) is 5.10. The molecule has 3 aromatic rings. The van der Waals surface area contributed by atoms with E-state index in [9.17, 15) is 9.59 Å². The molecule has 1 heterocycles. The van der Waals surface area contributed by atoms with Gasteiger partial charge in [-0.05, 0) is 47.5 Å². The number of amides is 2. The van der Waals surface area contributed by atoms with E-state index in [1.54, 1.807) is 42.1 Å². The lowest BCUT2D eigenvalue weighted by Gasteiger charge is -2.24. The number of para-hydroxylation sites is 1. The third kappa shape index (κ3) is 5.01. The van der Waals surface area contributed by atoms with E-state index in [0.717, 1.165) is 11.1 Å². The van der Waals surface area contributed by atoms with Crippen LogP contribution in [0.15, 0.2) is 66.7 Å². The third-order valence-corrected chi connectivity index (χ3v) is 7.03. The molecular weight excluding hydrogens is 475 g/mol. The Balaban J connectivity index is 1.49. The molecule has 1 atom stereocenters. The molecule has 1 aliphatic rings. The zero-order valence-electron chi connectivity index (χ0n) is 16.1. The van der Waals surface area contributed by atoms with Crippen LogP contribution in [0.5, 0.6) is 0 Å². The number of anilines is 1. The van der Waals surface area contributed by atoms with Crippen LogP contribution in [0.4, 0.5) is 5.69 Å². The molecule has 0 bridgehead atoms. The molecule has 4 rings (SSSR count). The highest BCUT2D eigenvalue weighted by atomic mass is 35.5. The Morgan fingerprint density at radius 2 is 1.61 bits per heavy atom. The van der Waals surface area contributed by atoms with Crippen molar-refractivity contribution in [3.63, 3.8) is 0 Å². The van der Waals surface area contributed by atoms with Crippen molar-refractivity contribution in [1.82, 2.24) is 4.90 Å². The van der Waals surface area contributed by atoms with E-state index in [4.69, 9.17) is 34.8 Å². The van der Waals surface area contributed by atoms with Crippen LogP contribution in [0.3, 0.4) is 0 Å². The molecule has 0 saturated carbocycles. The van der Waals surface area contributed by atoms with E-state index < -0.39 is 0 Å². The molecule has 1 N–H and O–H groups in total. The summed E-state index contributed by atoms with van der Waals surface area (Å²) >= 11 is 19.8. The average Bonchev–Trinajstić information content (AvgIpc) is 3.12. The van der Waals surface area contributed by atoms with Gasteiger partial charge in [0, 0.05) is 17.1 Å². The van der Waals surface area contributed by atoms with Crippen molar-refractivity contribution in [3.8, 4) is 0 Å². The van der Waals surface area contributed by atoms with Gasteiger partial charge in [-0.15, -0.1) is 11.8 Å². The quantitative estimate of drug-likeness (QED) is 0.433. The largest absolute Gasteiger partial charge is 0.322 e. The van der Waals surface area contributed by atoms with Gasteiger partial charge in [0.1, 0.15) is 5.37 Å². The maximum absolute atomic E-state index is 12.6. The van der Waals surface area contributed by atoms with Gasteiger partial charge in [0.25, 0.3) is 5.91 Å². The fraction of sp³-hybridized carbons (Fsp3) is 0.130. The Labute approximate surface area is 199 Å². The van der Waals surface area contributed by atoms with Crippen molar-refractivity contribution in [2.24, 2.45) is 0 Å². The first-order valence-corrected chi connectivity index (χ1v) is 11.6. The molecule has 1 fully saturated rings. The zero-order valence-corrected chi connectivity index (χ0v) is 19.2. The van der Waals surface area contributed by atoms with Gasteiger partial charge in [-0.25, -0.2) is 0 Å². The van der Waals surface area contributed by atoms with E-state index in [2.05, 4.69) is 5.32 Å². The number of halogens is 3. The van der Waals surface area contributed by atoms with Crippen LogP contribution in [-0.2, 0) is 11.3 Å². The Hall–Kier alpha value is -2.18. The number of carbonyl (C=O) groups excluding carboxylic acids is 2. The zero-order chi connectivity index (χ0) is 22.0. The first-order valence-electron chi connectivity index (χ1n) is 9.43. The first-order chi connectivity index (χ1) is 14.9. The van der Waals surface area contributed by atoms with Crippen molar-refractivity contribution in [3.05, 3.63) is 98.5 Å². The molecule has 0 spiro atoms. The van der Waals surface area contributed by atoms with Gasteiger partial charge in [0.2, 0.25) is 5.91 Å². The summed E-state index contributed by atoms with van der Waals surface area (Å²) in [6.45, 7) is 0.501. The molecule has 1 aliphatic heterocycles. The molecule has 0 aliphatic carbocycles. The van der Waals surface area contributed by atoms with E-state index >= 15 is 0 Å². The van der Waals surface area contributed by atoms with E-state index in [1.807, 2.05) is 41.3 Å². The highest BCUT2D eigenvalue weighted by Crippen LogP contribution is 2.39. The van der Waals surface area contributed by atoms with E-state index in [0.29, 0.717) is 38.6 Å². The van der Waals surface area contributed by atoms with Crippen LogP contribution in [0, 0.1) is 0 Å². The van der Waals surface area contributed by atoms with Crippen LogP contribution >= 0.6 is 46.6 Å². The predicted octanol–water partition coefficient (Wildman–Crippen LogP) is 6.67. The van der Waals surface area contributed by atoms with Crippen molar-refractivity contribution < 1.29 is 9.59 Å². The van der Waals surface area contributed by atoms with Gasteiger partial charge < -0.3 is 10.2 Å². The summed E-state index contributed by atoms with van der Waals surface area (Å²) in [6, 6.07) is 19.7. The van der Waals surface area contributed by atoms with Gasteiger partial charge in [-0.3, -0.25) is 9.59 Å². The first kappa shape index (κ1) is 22.0. The second kappa shape index (κ2) is 9.53. The smallest absolute Gasteiger partial charge is 0.255 e. The molecule has 0 radical (unpaired) electrons. The summed E-state index contributed by atoms with van der Waals surface area (Å²) in [5.74, 6) is 0.195. The van der Waals surface area contributed by atoms with Gasteiger partial charge in [-0.1, -0.05) is 65.1 Å². The molecule has 4 nitrogen and oxygen atoms in total. The highest BCUT2D eigenvalue weighted by molar-refractivity contribution is 8.00. The van der Waals surface area contributed by atoms with Crippen molar-refractivity contribution in [2.75, 3.05) is 11.1 Å². The van der Waals surface area contributed by atoms with Crippen molar-refractivity contribution >= 4 is 64.1 Å². The van der Waals surface area contributed by atoms with Gasteiger partial charge in [0.05, 0.1) is 21.5 Å². The normalized spacial score (nSPS) is 15.9. The van der Waals surface area contributed by atoms with Gasteiger partial charge in [0.15, 0.2) is 0 Å². The topological polar surface area (TPSA) is 49.4 Å². The predicted molar refractivity (Wildman–Crippen MR) is 128 cm³/mol. The van der Waals surface area contributed by atoms with E-state index in [1.165, 1.54) is 0 Å². The number of hydrogen-bond donors (Lipinski definition) is 1. The Morgan fingerprint density at radius 1 is 0.968 bits per heavy atom. The Bertz CT molecular complexity index is 1100. The van der Waals surface area contributed by atoms with Crippen molar-refractivity contribution in [1.29, 1.82) is 0 Å². The fourth-order valence-electron chi connectivity index (χ4n) is 3.29. The van der Waals surface area contributed by atoms with Crippen LogP contribution < -0.4 is 5.32 Å². The summed E-state index contributed by atoms with van der Waals surface area (Å²) in [5, 5.41) is 4.05. The number of carbonyl (C=O) groups is 2. The maximum atomic E-state index is 12.6. The standard InChI is InChI=1S/C23H17Cl3N2O2S/c24-17-10-4-14(5-11-17)12-28-20(29)13-31-23(28)16-8-6-15(7-9-16)22(30)27-21-18(25)2-1-3-19(21)26/h1-11,23H,12-13H2,(H,27,30)/t23-/m1/s1. The lowest BCUT2D eigenvalue weighted by molar-refractivity contribution is -0.128. The molecule has 158 valence electrons. The van der Waals surface area contributed by atoms with Crippen LogP contribution in [-0.4, -0.2) is 22.5 Å². The summed E-state index contributed by atoms with van der Waals surface area (Å²) in [4.78, 5) is 26.9. The number of benzene rings is 3. The molecule has 31 heavy (non-hydrogen) atoms. The Morgan fingerprint density at radius 3 is 2.26 bits per heavy atom. The monoisotopic (exact) mass is 490 g/mol. The molecule has 0 unspecified atom stereocenters. The molecule has 3 aromatic carbocycles. The lowest BCUT2D eigenvalue weighted by Crippen LogP contribution is -2.27. The Kier molecular flexibility index (Phi) is 6.77. The van der Waals surface area contributed by atoms with Gasteiger partial charge in [-0.2, -0.15) is 0 Å². The third-order valence-electron chi connectivity index (χ3n) is 4.89.